The summed E-state index contributed by atoms with van der Waals surface area (Å²) in [7, 11) is 0. The topological polar surface area (TPSA) is 59.2 Å². The highest BCUT2D eigenvalue weighted by atomic mass is 32.1. The van der Waals surface area contributed by atoms with Gasteiger partial charge in [0, 0.05) is 18.9 Å². The van der Waals surface area contributed by atoms with Crippen LogP contribution < -0.4 is 4.90 Å². The summed E-state index contributed by atoms with van der Waals surface area (Å²) in [4.78, 5) is 13.5. The summed E-state index contributed by atoms with van der Waals surface area (Å²) in [5.74, 6) is 0.946. The lowest BCUT2D eigenvalue weighted by Crippen LogP contribution is -2.24. The number of rotatable bonds is 3. The number of nitrogens with zero attached hydrogens (tertiary/aromatic N) is 3. The molecule has 1 fully saturated rings. The van der Waals surface area contributed by atoms with Crippen molar-refractivity contribution >= 4 is 22.4 Å². The van der Waals surface area contributed by atoms with Crippen LogP contribution in [0.2, 0.25) is 0 Å². The van der Waals surface area contributed by atoms with E-state index in [1.54, 1.807) is 17.2 Å². The molecule has 5 nitrogen and oxygen atoms in total. The molecular weight excluding hydrogens is 250 g/mol. The van der Waals surface area contributed by atoms with Gasteiger partial charge in [-0.1, -0.05) is 17.4 Å². The number of carbonyl (C=O) groups excluding carboxylic acids is 1. The largest absolute Gasteiger partial charge is 0.462 e. The summed E-state index contributed by atoms with van der Waals surface area (Å²) in [6.45, 7) is 4.36. The van der Waals surface area contributed by atoms with Crippen LogP contribution in [0.25, 0.3) is 10.8 Å². The third-order valence-corrected chi connectivity index (χ3v) is 3.83. The van der Waals surface area contributed by atoms with Crippen molar-refractivity contribution in [1.29, 1.82) is 0 Å². The summed E-state index contributed by atoms with van der Waals surface area (Å²) in [5, 5.41) is 9.40. The Hall–Kier alpha value is -1.95. The third-order valence-electron chi connectivity index (χ3n) is 2.87. The highest BCUT2D eigenvalue weighted by Crippen LogP contribution is 2.32. The van der Waals surface area contributed by atoms with Crippen LogP contribution in [-0.2, 0) is 4.79 Å². The molecule has 0 spiro atoms. The second-order valence-electron chi connectivity index (χ2n) is 4.07. The third kappa shape index (κ3) is 1.84. The number of hydrogen-bond acceptors (Lipinski definition) is 5. The molecule has 6 heteroatoms. The SMILES string of the molecule is C=CC1CC(=O)N(c2nnc(-c3ccco3)s2)C1. The molecule has 2 aromatic heterocycles. The van der Waals surface area contributed by atoms with Gasteiger partial charge in [0.25, 0.3) is 0 Å². The highest BCUT2D eigenvalue weighted by Gasteiger charge is 2.31. The fourth-order valence-corrected chi connectivity index (χ4v) is 2.74. The number of furan rings is 1. The van der Waals surface area contributed by atoms with Crippen LogP contribution >= 0.6 is 11.3 Å². The summed E-state index contributed by atoms with van der Waals surface area (Å²) >= 11 is 1.36. The zero-order valence-corrected chi connectivity index (χ0v) is 10.4. The van der Waals surface area contributed by atoms with Crippen molar-refractivity contribution in [3.8, 4) is 10.8 Å². The van der Waals surface area contributed by atoms with Crippen LogP contribution in [0.4, 0.5) is 5.13 Å². The molecule has 1 aliphatic rings. The van der Waals surface area contributed by atoms with Gasteiger partial charge in [-0.05, 0) is 12.1 Å². The Balaban J connectivity index is 1.86. The Morgan fingerprint density at radius 2 is 2.44 bits per heavy atom. The van der Waals surface area contributed by atoms with Crippen molar-refractivity contribution in [2.24, 2.45) is 5.92 Å². The lowest BCUT2D eigenvalue weighted by molar-refractivity contribution is -0.117. The zero-order valence-electron chi connectivity index (χ0n) is 9.57. The first-order valence-corrected chi connectivity index (χ1v) is 6.40. The first-order chi connectivity index (χ1) is 8.78. The molecule has 3 rings (SSSR count). The first-order valence-electron chi connectivity index (χ1n) is 5.58. The molecule has 92 valence electrons. The lowest BCUT2D eigenvalue weighted by Gasteiger charge is -2.10. The summed E-state index contributed by atoms with van der Waals surface area (Å²) in [6.07, 6.45) is 3.90. The standard InChI is InChI=1S/C12H11N3O2S/c1-2-8-6-10(16)15(7-8)12-14-13-11(18-12)9-4-3-5-17-9/h2-5,8H,1,6-7H2. The average molecular weight is 261 g/mol. The van der Waals surface area contributed by atoms with E-state index in [1.165, 1.54) is 11.3 Å². The molecule has 1 amide bonds. The maximum absolute atomic E-state index is 11.8. The average Bonchev–Trinajstić information content (AvgIpc) is 3.08. The van der Waals surface area contributed by atoms with Gasteiger partial charge in [0.1, 0.15) is 0 Å². The van der Waals surface area contributed by atoms with Gasteiger partial charge in [0.05, 0.1) is 6.26 Å². The van der Waals surface area contributed by atoms with Gasteiger partial charge in [-0.25, -0.2) is 0 Å². The summed E-state index contributed by atoms with van der Waals surface area (Å²) in [5.41, 5.74) is 0. The molecule has 0 radical (unpaired) electrons. The number of hydrogen-bond donors (Lipinski definition) is 0. The van der Waals surface area contributed by atoms with Crippen LogP contribution in [0.15, 0.2) is 35.5 Å². The number of aromatic nitrogens is 2. The Labute approximate surface area is 108 Å². The van der Waals surface area contributed by atoms with Crippen molar-refractivity contribution in [3.05, 3.63) is 31.1 Å². The van der Waals surface area contributed by atoms with Crippen LogP contribution in [-0.4, -0.2) is 22.6 Å². The Kier molecular flexibility index (Phi) is 2.71. The fraction of sp³-hybridized carbons (Fsp3) is 0.250. The van der Waals surface area contributed by atoms with E-state index in [0.717, 1.165) is 0 Å². The predicted molar refractivity (Wildman–Crippen MR) is 68.3 cm³/mol. The van der Waals surface area contributed by atoms with E-state index in [1.807, 2.05) is 12.1 Å². The van der Waals surface area contributed by atoms with Crippen molar-refractivity contribution in [2.75, 3.05) is 11.4 Å². The van der Waals surface area contributed by atoms with Crippen LogP contribution in [0.1, 0.15) is 6.42 Å². The number of anilines is 1. The van der Waals surface area contributed by atoms with E-state index in [2.05, 4.69) is 16.8 Å². The van der Waals surface area contributed by atoms with E-state index >= 15 is 0 Å². The first kappa shape index (κ1) is 11.2. The molecule has 1 aliphatic heterocycles. The summed E-state index contributed by atoms with van der Waals surface area (Å²) < 4.78 is 5.25. The van der Waals surface area contributed by atoms with E-state index in [9.17, 15) is 4.79 Å². The van der Waals surface area contributed by atoms with Gasteiger partial charge in [0.2, 0.25) is 11.0 Å². The van der Waals surface area contributed by atoms with E-state index in [0.29, 0.717) is 28.9 Å². The molecule has 1 saturated heterocycles. The molecule has 3 heterocycles. The monoisotopic (exact) mass is 261 g/mol. The Morgan fingerprint density at radius 1 is 1.56 bits per heavy atom. The lowest BCUT2D eigenvalue weighted by atomic mass is 10.1. The van der Waals surface area contributed by atoms with Gasteiger partial charge in [0.15, 0.2) is 10.8 Å². The van der Waals surface area contributed by atoms with Crippen molar-refractivity contribution < 1.29 is 9.21 Å². The van der Waals surface area contributed by atoms with E-state index < -0.39 is 0 Å². The summed E-state index contributed by atoms with van der Waals surface area (Å²) in [6, 6.07) is 3.62. The maximum Gasteiger partial charge on any atom is 0.229 e. The number of amides is 1. The quantitative estimate of drug-likeness (QED) is 0.796. The zero-order chi connectivity index (χ0) is 12.5. The molecular formula is C12H11N3O2S. The van der Waals surface area contributed by atoms with Crippen LogP contribution in [0.3, 0.4) is 0 Å². The molecule has 0 bridgehead atoms. The van der Waals surface area contributed by atoms with Gasteiger partial charge < -0.3 is 4.42 Å². The van der Waals surface area contributed by atoms with Crippen LogP contribution in [0.5, 0.6) is 0 Å². The molecule has 0 N–H and O–H groups in total. The molecule has 0 aliphatic carbocycles. The van der Waals surface area contributed by atoms with Gasteiger partial charge in [-0.2, -0.15) is 0 Å². The molecule has 0 saturated carbocycles. The fourth-order valence-electron chi connectivity index (χ4n) is 1.90. The minimum Gasteiger partial charge on any atom is -0.462 e. The normalized spacial score (nSPS) is 19.4. The van der Waals surface area contributed by atoms with Crippen LogP contribution in [0, 0.1) is 5.92 Å². The Bertz CT molecular complexity index is 576. The molecule has 0 aromatic carbocycles. The molecule has 1 atom stereocenters. The minimum atomic E-state index is 0.0713. The smallest absolute Gasteiger partial charge is 0.229 e. The van der Waals surface area contributed by atoms with Crippen molar-refractivity contribution in [3.63, 3.8) is 0 Å². The Morgan fingerprint density at radius 3 is 3.11 bits per heavy atom. The van der Waals surface area contributed by atoms with Gasteiger partial charge in [-0.3, -0.25) is 9.69 Å². The van der Waals surface area contributed by atoms with Gasteiger partial charge >= 0.3 is 0 Å². The van der Waals surface area contributed by atoms with E-state index in [4.69, 9.17) is 4.42 Å². The predicted octanol–water partition coefficient (Wildman–Crippen LogP) is 2.34. The molecule has 2 aromatic rings. The minimum absolute atomic E-state index is 0.0713. The second kappa shape index (κ2) is 4.38. The maximum atomic E-state index is 11.8. The number of carbonyl (C=O) groups is 1. The highest BCUT2D eigenvalue weighted by molar-refractivity contribution is 7.18. The molecule has 1 unspecified atom stereocenters. The van der Waals surface area contributed by atoms with Gasteiger partial charge in [-0.15, -0.1) is 16.8 Å². The molecule has 18 heavy (non-hydrogen) atoms. The second-order valence-corrected chi connectivity index (χ2v) is 5.03. The van der Waals surface area contributed by atoms with Crippen molar-refractivity contribution in [2.45, 2.75) is 6.42 Å². The van der Waals surface area contributed by atoms with E-state index in [-0.39, 0.29) is 11.8 Å². The van der Waals surface area contributed by atoms with Crippen molar-refractivity contribution in [1.82, 2.24) is 10.2 Å².